The topological polar surface area (TPSA) is 58.2 Å². The summed E-state index contributed by atoms with van der Waals surface area (Å²) in [5.41, 5.74) is 0.978. The average molecular weight is 262 g/mol. The Morgan fingerprint density at radius 1 is 0.947 bits per heavy atom. The molecular weight excluding hydrogens is 240 g/mol. The minimum Gasteiger partial charge on any atom is -0.348 e. The minimum absolute atomic E-state index is 0.378. The number of hydrogen-bond donors (Lipinski definition) is 2. The molecule has 0 bridgehead atoms. The highest BCUT2D eigenvalue weighted by molar-refractivity contribution is 6.35. The maximum Gasteiger partial charge on any atom is 0.309 e. The highest BCUT2D eigenvalue weighted by Gasteiger charge is 2.11. The zero-order valence-corrected chi connectivity index (χ0v) is 11.4. The monoisotopic (exact) mass is 262 g/mol. The average Bonchev–Trinajstić information content (AvgIpc) is 2.45. The van der Waals surface area contributed by atoms with Crippen LogP contribution >= 0.6 is 0 Å². The highest BCUT2D eigenvalue weighted by Crippen LogP contribution is 1.98. The Bertz CT molecular complexity index is 390. The van der Waals surface area contributed by atoms with Gasteiger partial charge in [-0.15, -0.1) is 0 Å². The third-order valence-electron chi connectivity index (χ3n) is 2.82. The fraction of sp³-hybridized carbons (Fsp3) is 0.467. The third kappa shape index (κ3) is 6.60. The van der Waals surface area contributed by atoms with Gasteiger partial charge in [-0.25, -0.2) is 0 Å². The summed E-state index contributed by atoms with van der Waals surface area (Å²) in [6.07, 6.45) is 4.33. The van der Waals surface area contributed by atoms with E-state index in [2.05, 4.69) is 17.6 Å². The van der Waals surface area contributed by atoms with Gasteiger partial charge < -0.3 is 10.6 Å². The van der Waals surface area contributed by atoms with Gasteiger partial charge in [-0.05, 0) is 12.0 Å². The van der Waals surface area contributed by atoms with E-state index in [9.17, 15) is 9.59 Å². The molecule has 0 saturated carbocycles. The molecule has 4 nitrogen and oxygen atoms in total. The van der Waals surface area contributed by atoms with Gasteiger partial charge in [0.15, 0.2) is 0 Å². The molecule has 104 valence electrons. The van der Waals surface area contributed by atoms with E-state index in [-0.39, 0.29) is 0 Å². The van der Waals surface area contributed by atoms with Crippen LogP contribution in [0.1, 0.15) is 38.2 Å². The van der Waals surface area contributed by atoms with Crippen LogP contribution in [0.2, 0.25) is 0 Å². The van der Waals surface area contributed by atoms with Crippen molar-refractivity contribution in [3.05, 3.63) is 35.9 Å². The normalized spacial score (nSPS) is 9.95. The largest absolute Gasteiger partial charge is 0.348 e. The summed E-state index contributed by atoms with van der Waals surface area (Å²) in [4.78, 5) is 23.0. The molecule has 4 heteroatoms. The van der Waals surface area contributed by atoms with Crippen molar-refractivity contribution in [2.75, 3.05) is 6.54 Å². The molecule has 1 rings (SSSR count). The molecule has 0 aliphatic rings. The molecule has 19 heavy (non-hydrogen) atoms. The summed E-state index contributed by atoms with van der Waals surface area (Å²) < 4.78 is 0. The van der Waals surface area contributed by atoms with Crippen LogP contribution in [0, 0.1) is 0 Å². The molecule has 1 aromatic carbocycles. The van der Waals surface area contributed by atoms with E-state index >= 15 is 0 Å². The summed E-state index contributed by atoms with van der Waals surface area (Å²) in [6.45, 7) is 3.08. The summed E-state index contributed by atoms with van der Waals surface area (Å²) in [5.74, 6) is -1.12. The van der Waals surface area contributed by atoms with E-state index < -0.39 is 11.8 Å². The molecule has 2 N–H and O–H groups in total. The fourth-order valence-electron chi connectivity index (χ4n) is 1.69. The number of carbonyl (C=O) groups excluding carboxylic acids is 2. The van der Waals surface area contributed by atoms with Crippen LogP contribution in [0.3, 0.4) is 0 Å². The van der Waals surface area contributed by atoms with Gasteiger partial charge in [-0.1, -0.05) is 56.5 Å². The van der Waals surface area contributed by atoms with Crippen LogP contribution in [0.15, 0.2) is 30.3 Å². The van der Waals surface area contributed by atoms with Gasteiger partial charge >= 0.3 is 11.8 Å². The van der Waals surface area contributed by atoms with Crippen LogP contribution in [-0.4, -0.2) is 18.4 Å². The number of unbranched alkanes of at least 4 members (excludes halogenated alkanes) is 3. The number of nitrogens with one attached hydrogen (secondary N) is 2. The summed E-state index contributed by atoms with van der Waals surface area (Å²) >= 11 is 0. The lowest BCUT2D eigenvalue weighted by molar-refractivity contribution is -0.139. The van der Waals surface area contributed by atoms with Gasteiger partial charge in [0.2, 0.25) is 0 Å². The number of rotatable bonds is 7. The van der Waals surface area contributed by atoms with E-state index in [0.717, 1.165) is 31.2 Å². The van der Waals surface area contributed by atoms with Gasteiger partial charge in [0.05, 0.1) is 0 Å². The molecule has 0 spiro atoms. The first-order chi connectivity index (χ1) is 9.24. The van der Waals surface area contributed by atoms with Gasteiger partial charge in [0.1, 0.15) is 0 Å². The lowest BCUT2D eigenvalue weighted by atomic mass is 10.2. The van der Waals surface area contributed by atoms with Crippen molar-refractivity contribution in [1.82, 2.24) is 10.6 Å². The summed E-state index contributed by atoms with van der Waals surface area (Å²) in [7, 11) is 0. The van der Waals surface area contributed by atoms with Crippen LogP contribution in [0.5, 0.6) is 0 Å². The molecular formula is C15H22N2O2. The fourth-order valence-corrected chi connectivity index (χ4v) is 1.69. The SMILES string of the molecule is CCCCCCNC(=O)C(=O)NCc1ccccc1. The molecule has 0 aromatic heterocycles. The molecule has 0 saturated heterocycles. The van der Waals surface area contributed by atoms with Gasteiger partial charge in [0, 0.05) is 13.1 Å². The molecule has 0 radical (unpaired) electrons. The van der Waals surface area contributed by atoms with Gasteiger partial charge in [-0.3, -0.25) is 9.59 Å². The summed E-state index contributed by atoms with van der Waals surface area (Å²) in [6, 6.07) is 9.52. The second kappa shape index (κ2) is 9.14. The van der Waals surface area contributed by atoms with E-state index in [1.165, 1.54) is 0 Å². The lowest BCUT2D eigenvalue weighted by Crippen LogP contribution is -2.39. The smallest absolute Gasteiger partial charge is 0.309 e. The van der Waals surface area contributed by atoms with Crippen LogP contribution in [-0.2, 0) is 16.1 Å². The zero-order chi connectivity index (χ0) is 13.9. The maximum absolute atomic E-state index is 11.5. The zero-order valence-electron chi connectivity index (χ0n) is 11.4. The number of benzene rings is 1. The number of hydrogen-bond acceptors (Lipinski definition) is 2. The van der Waals surface area contributed by atoms with Crippen molar-refractivity contribution in [2.24, 2.45) is 0 Å². The van der Waals surface area contributed by atoms with Gasteiger partial charge in [0.25, 0.3) is 0 Å². The van der Waals surface area contributed by atoms with E-state index in [4.69, 9.17) is 0 Å². The Labute approximate surface area is 114 Å². The molecule has 0 heterocycles. The molecule has 2 amide bonds. The van der Waals surface area contributed by atoms with Crippen molar-refractivity contribution >= 4 is 11.8 Å². The number of amides is 2. The second-order valence-electron chi connectivity index (χ2n) is 4.48. The highest BCUT2D eigenvalue weighted by atomic mass is 16.2. The van der Waals surface area contributed by atoms with Crippen LogP contribution in [0.4, 0.5) is 0 Å². The van der Waals surface area contributed by atoms with Crippen LogP contribution < -0.4 is 10.6 Å². The molecule has 0 unspecified atom stereocenters. The summed E-state index contributed by atoms with van der Waals surface area (Å²) in [5, 5.41) is 5.23. The van der Waals surface area contributed by atoms with Crippen LogP contribution in [0.25, 0.3) is 0 Å². The van der Waals surface area contributed by atoms with Crippen molar-refractivity contribution in [3.8, 4) is 0 Å². The lowest BCUT2D eigenvalue weighted by Gasteiger charge is -2.06. The predicted octanol–water partition coefficient (Wildman–Crippen LogP) is 2.00. The minimum atomic E-state index is -0.570. The standard InChI is InChI=1S/C15H22N2O2/c1-2-3-4-8-11-16-14(18)15(19)17-12-13-9-6-5-7-10-13/h5-7,9-10H,2-4,8,11-12H2,1H3,(H,16,18)(H,17,19). The Kier molecular flexibility index (Phi) is 7.32. The molecule has 0 aliphatic carbocycles. The Morgan fingerprint density at radius 2 is 1.63 bits per heavy atom. The van der Waals surface area contributed by atoms with Crippen molar-refractivity contribution in [1.29, 1.82) is 0 Å². The number of carbonyl (C=O) groups is 2. The quantitative estimate of drug-likeness (QED) is 0.583. The molecule has 0 atom stereocenters. The first-order valence-corrected chi connectivity index (χ1v) is 6.84. The van der Waals surface area contributed by atoms with Crippen molar-refractivity contribution < 1.29 is 9.59 Å². The van der Waals surface area contributed by atoms with E-state index in [1.807, 2.05) is 30.3 Å². The Balaban J connectivity index is 2.16. The molecule has 1 aromatic rings. The first-order valence-electron chi connectivity index (χ1n) is 6.84. The van der Waals surface area contributed by atoms with E-state index in [0.29, 0.717) is 13.1 Å². The van der Waals surface area contributed by atoms with Gasteiger partial charge in [-0.2, -0.15) is 0 Å². The first kappa shape index (κ1) is 15.2. The Hall–Kier alpha value is -1.84. The second-order valence-corrected chi connectivity index (χ2v) is 4.48. The third-order valence-corrected chi connectivity index (χ3v) is 2.82. The molecule has 0 fully saturated rings. The van der Waals surface area contributed by atoms with Crippen molar-refractivity contribution in [3.63, 3.8) is 0 Å². The molecule has 0 aliphatic heterocycles. The maximum atomic E-state index is 11.5. The Morgan fingerprint density at radius 3 is 2.32 bits per heavy atom. The van der Waals surface area contributed by atoms with Crippen molar-refractivity contribution in [2.45, 2.75) is 39.2 Å². The predicted molar refractivity (Wildman–Crippen MR) is 75.4 cm³/mol. The van der Waals surface area contributed by atoms with E-state index in [1.54, 1.807) is 0 Å².